The van der Waals surface area contributed by atoms with Crippen molar-refractivity contribution in [3.05, 3.63) is 28.5 Å². The van der Waals surface area contributed by atoms with Gasteiger partial charge in [0, 0.05) is 11.6 Å². The first-order chi connectivity index (χ1) is 12.9. The van der Waals surface area contributed by atoms with Crippen LogP contribution in [0.5, 0.6) is 11.5 Å². The van der Waals surface area contributed by atoms with Crippen LogP contribution in [0.1, 0.15) is 32.4 Å². The van der Waals surface area contributed by atoms with Gasteiger partial charge in [0.15, 0.2) is 0 Å². The largest absolute Gasteiger partial charge is 0.496 e. The fraction of sp³-hybridized carbons (Fsp3) is 0.444. The molecule has 0 bridgehead atoms. The molecule has 0 aliphatic heterocycles. The van der Waals surface area contributed by atoms with E-state index in [9.17, 15) is 8.78 Å². The molecule has 1 aromatic carbocycles. The topological polar surface area (TPSA) is 79.5 Å². The average Bonchev–Trinajstić information content (AvgIpc) is 2.64. The Labute approximate surface area is 165 Å². The number of methoxy groups -OCH3 is 1. The third kappa shape index (κ3) is 5.49. The average molecular weight is 446 g/mol. The lowest BCUT2D eigenvalue weighted by atomic mass is 10.1. The monoisotopic (exact) mass is 445 g/mol. The zero-order valence-electron chi connectivity index (χ0n) is 15.3. The predicted molar refractivity (Wildman–Crippen MR) is 102 cm³/mol. The van der Waals surface area contributed by atoms with Gasteiger partial charge in [0.2, 0.25) is 0 Å². The van der Waals surface area contributed by atoms with Crippen LogP contribution < -0.4 is 15.2 Å². The first-order valence-electron chi connectivity index (χ1n) is 8.46. The molecule has 0 radical (unpaired) electrons. The molecular weight excluding hydrogens is 424 g/mol. The van der Waals surface area contributed by atoms with Crippen molar-refractivity contribution in [3.63, 3.8) is 0 Å². The Balaban J connectivity index is 2.32. The lowest BCUT2D eigenvalue weighted by molar-refractivity contribution is -0.0499. The van der Waals surface area contributed by atoms with Gasteiger partial charge in [-0.25, -0.2) is 9.97 Å². The van der Waals surface area contributed by atoms with Gasteiger partial charge in [0.1, 0.15) is 33.3 Å². The van der Waals surface area contributed by atoms with E-state index in [1.54, 1.807) is 6.07 Å². The van der Waals surface area contributed by atoms with Crippen LogP contribution in [0.3, 0.4) is 0 Å². The molecule has 6 nitrogen and oxygen atoms in total. The number of benzene rings is 1. The molecule has 0 saturated heterocycles. The first-order valence-corrected chi connectivity index (χ1v) is 9.25. The molecule has 9 heteroatoms. The van der Waals surface area contributed by atoms with Gasteiger partial charge < -0.3 is 19.9 Å². The molecule has 2 rings (SSSR count). The second-order valence-corrected chi connectivity index (χ2v) is 6.44. The molecule has 0 unspecified atom stereocenters. The highest BCUT2D eigenvalue weighted by Gasteiger charge is 2.18. The van der Waals surface area contributed by atoms with Gasteiger partial charge in [-0.3, -0.25) is 0 Å². The lowest BCUT2D eigenvalue weighted by Gasteiger charge is -2.16. The van der Waals surface area contributed by atoms with Crippen molar-refractivity contribution < 1.29 is 23.0 Å². The Kier molecular flexibility index (Phi) is 7.73. The maximum absolute atomic E-state index is 12.4. The molecule has 0 saturated carbocycles. The molecule has 2 aromatic rings. The summed E-state index contributed by atoms with van der Waals surface area (Å²) >= 11 is 3.39. The van der Waals surface area contributed by atoms with Gasteiger partial charge in [0.05, 0.1) is 19.8 Å². The molecule has 0 aliphatic carbocycles. The number of ether oxygens (including phenoxy) is 3. The van der Waals surface area contributed by atoms with Crippen molar-refractivity contribution in [2.45, 2.75) is 46.0 Å². The predicted octanol–water partition coefficient (Wildman–Crippen LogP) is 4.80. The summed E-state index contributed by atoms with van der Waals surface area (Å²) in [4.78, 5) is 8.82. The smallest absolute Gasteiger partial charge is 0.387 e. The van der Waals surface area contributed by atoms with E-state index in [1.165, 1.54) is 19.2 Å². The Morgan fingerprint density at radius 2 is 1.89 bits per heavy atom. The maximum Gasteiger partial charge on any atom is 0.387 e. The lowest BCUT2D eigenvalue weighted by Crippen LogP contribution is -2.13. The van der Waals surface area contributed by atoms with E-state index in [2.05, 4.69) is 44.5 Å². The van der Waals surface area contributed by atoms with E-state index < -0.39 is 6.61 Å². The summed E-state index contributed by atoms with van der Waals surface area (Å²) < 4.78 is 40.7. The van der Waals surface area contributed by atoms with Gasteiger partial charge in [-0.15, -0.1) is 0 Å². The number of anilines is 1. The van der Waals surface area contributed by atoms with Crippen LogP contribution >= 0.6 is 15.9 Å². The number of halogens is 3. The maximum atomic E-state index is 12.4. The summed E-state index contributed by atoms with van der Waals surface area (Å²) in [6.07, 6.45) is 1.92. The summed E-state index contributed by atoms with van der Waals surface area (Å²) in [5.74, 6) is 0.524. The van der Waals surface area contributed by atoms with Crippen molar-refractivity contribution >= 4 is 21.7 Å². The number of rotatable bonds is 9. The third-order valence-electron chi connectivity index (χ3n) is 3.98. The van der Waals surface area contributed by atoms with Crippen molar-refractivity contribution in [2.75, 3.05) is 12.8 Å². The third-order valence-corrected chi connectivity index (χ3v) is 4.53. The number of aromatic nitrogens is 2. The second kappa shape index (κ2) is 9.80. The van der Waals surface area contributed by atoms with E-state index in [0.29, 0.717) is 27.3 Å². The Hall–Kier alpha value is -2.00. The minimum absolute atomic E-state index is 0.0159. The number of alkyl halides is 2. The minimum Gasteiger partial charge on any atom is -0.496 e. The zero-order valence-corrected chi connectivity index (χ0v) is 16.9. The first kappa shape index (κ1) is 21.3. The molecule has 0 spiro atoms. The quantitative estimate of drug-likeness (QED) is 0.596. The van der Waals surface area contributed by atoms with Crippen LogP contribution in [0.2, 0.25) is 0 Å². The van der Waals surface area contributed by atoms with E-state index in [0.717, 1.165) is 12.8 Å². The molecule has 0 fully saturated rings. The van der Waals surface area contributed by atoms with E-state index in [-0.39, 0.29) is 24.3 Å². The molecular formula is C18H22BrF2N3O3. The fourth-order valence-corrected chi connectivity index (χ4v) is 3.02. The van der Waals surface area contributed by atoms with E-state index in [4.69, 9.17) is 15.2 Å². The number of nitrogens with zero attached hydrogens (tertiary/aromatic N) is 2. The van der Waals surface area contributed by atoms with Gasteiger partial charge in [-0.2, -0.15) is 8.78 Å². The van der Waals surface area contributed by atoms with Crippen LogP contribution in [-0.2, 0) is 11.3 Å². The summed E-state index contributed by atoms with van der Waals surface area (Å²) in [6.45, 7) is 1.44. The summed E-state index contributed by atoms with van der Waals surface area (Å²) in [5.41, 5.74) is 7.54. The van der Waals surface area contributed by atoms with Crippen LogP contribution in [0, 0.1) is 0 Å². The number of hydrogen-bond donors (Lipinski definition) is 1. The number of nitrogens with two attached hydrogens (primary N) is 1. The van der Waals surface area contributed by atoms with E-state index >= 15 is 0 Å². The molecule has 2 N–H and O–H groups in total. The SMILES string of the molecule is CCC(CC)OCc1nc(Br)c(-c2ccc(OC(F)F)cc2OC)nc1N. The second-order valence-electron chi connectivity index (χ2n) is 5.69. The standard InChI is InChI=1S/C18H22BrF2N3O3/c1-4-10(5-2)26-9-13-17(22)24-15(16(19)23-13)12-7-6-11(27-18(20)21)8-14(12)25-3/h6-8,10,18H,4-5,9H2,1-3H3,(H2,22,24). The van der Waals surface area contributed by atoms with E-state index in [1.807, 2.05) is 0 Å². The highest BCUT2D eigenvalue weighted by atomic mass is 79.9. The van der Waals surface area contributed by atoms with Gasteiger partial charge in [-0.05, 0) is 40.9 Å². The highest BCUT2D eigenvalue weighted by molar-refractivity contribution is 9.10. The van der Waals surface area contributed by atoms with Crippen LogP contribution in [-0.4, -0.2) is 29.8 Å². The van der Waals surface area contributed by atoms with Gasteiger partial charge >= 0.3 is 6.61 Å². The molecule has 148 valence electrons. The highest BCUT2D eigenvalue weighted by Crippen LogP contribution is 2.36. The van der Waals surface area contributed by atoms with Crippen LogP contribution in [0.15, 0.2) is 22.8 Å². The van der Waals surface area contributed by atoms with Crippen LogP contribution in [0.4, 0.5) is 14.6 Å². The molecule has 1 aromatic heterocycles. The molecule has 0 aliphatic rings. The Morgan fingerprint density at radius 1 is 1.19 bits per heavy atom. The van der Waals surface area contributed by atoms with Crippen molar-refractivity contribution in [2.24, 2.45) is 0 Å². The number of hydrogen-bond acceptors (Lipinski definition) is 6. The van der Waals surface area contributed by atoms with Crippen molar-refractivity contribution in [3.8, 4) is 22.8 Å². The minimum atomic E-state index is -2.92. The zero-order chi connectivity index (χ0) is 20.0. The van der Waals surface area contributed by atoms with Crippen molar-refractivity contribution in [1.29, 1.82) is 0 Å². The number of nitrogen functional groups attached to an aromatic ring is 1. The fourth-order valence-electron chi connectivity index (χ4n) is 2.50. The Bertz CT molecular complexity index is 774. The van der Waals surface area contributed by atoms with Gasteiger partial charge in [0.25, 0.3) is 0 Å². The molecule has 0 amide bonds. The van der Waals surface area contributed by atoms with Crippen molar-refractivity contribution in [1.82, 2.24) is 9.97 Å². The normalized spacial score (nSPS) is 11.3. The summed E-state index contributed by atoms with van der Waals surface area (Å²) in [5, 5.41) is 0. The molecule has 27 heavy (non-hydrogen) atoms. The molecule has 1 heterocycles. The summed E-state index contributed by atoms with van der Waals surface area (Å²) in [6, 6.07) is 4.32. The Morgan fingerprint density at radius 3 is 2.48 bits per heavy atom. The van der Waals surface area contributed by atoms with Crippen LogP contribution in [0.25, 0.3) is 11.3 Å². The molecule has 0 atom stereocenters. The van der Waals surface area contributed by atoms with Gasteiger partial charge in [-0.1, -0.05) is 13.8 Å². The summed E-state index contributed by atoms with van der Waals surface area (Å²) in [7, 11) is 1.42.